The topological polar surface area (TPSA) is 87.1 Å². The quantitative estimate of drug-likeness (QED) is 0.748. The summed E-state index contributed by atoms with van der Waals surface area (Å²) >= 11 is 5.67. The molecule has 1 aromatic carbocycles. The normalized spacial score (nSPS) is 13.8. The Kier molecular flexibility index (Phi) is 5.48. The molecule has 0 aliphatic carbocycles. The number of nitrogens with zero attached hydrogens (tertiary/aromatic N) is 2. The Balaban J connectivity index is 2.21. The van der Waals surface area contributed by atoms with Gasteiger partial charge in [-0.2, -0.15) is 13.2 Å². The molecule has 0 saturated heterocycles. The van der Waals surface area contributed by atoms with E-state index >= 15 is 0 Å². The molecule has 1 atom stereocenters. The van der Waals surface area contributed by atoms with Crippen LogP contribution in [0.5, 0.6) is 0 Å². The smallest absolute Gasteiger partial charge is 0.375 e. The number of hydrogen-bond donors (Lipinski definition) is 3. The lowest BCUT2D eigenvalue weighted by molar-refractivity contribution is -0.260. The maximum atomic E-state index is 13.4. The lowest BCUT2D eigenvalue weighted by Crippen LogP contribution is -2.47. The van der Waals surface area contributed by atoms with Gasteiger partial charge in [-0.1, -0.05) is 23.7 Å². The Labute approximate surface area is 146 Å². The van der Waals surface area contributed by atoms with E-state index in [1.807, 2.05) is 0 Å². The molecule has 1 unspecified atom stereocenters. The van der Waals surface area contributed by atoms with Gasteiger partial charge in [0.15, 0.2) is 5.69 Å². The second-order valence-corrected chi connectivity index (χ2v) is 5.54. The van der Waals surface area contributed by atoms with Gasteiger partial charge in [-0.25, -0.2) is 0 Å². The fourth-order valence-corrected chi connectivity index (χ4v) is 2.11. The van der Waals surface area contributed by atoms with Crippen molar-refractivity contribution >= 4 is 23.3 Å². The highest BCUT2D eigenvalue weighted by Gasteiger charge is 2.54. The zero-order valence-electron chi connectivity index (χ0n) is 12.9. The molecular formula is C15H14ClF3N4O2. The summed E-state index contributed by atoms with van der Waals surface area (Å²) in [6.45, 7) is -0.897. The number of anilines is 1. The van der Waals surface area contributed by atoms with Crippen molar-refractivity contribution in [3.8, 4) is 0 Å². The first-order valence-electron chi connectivity index (χ1n) is 7.02. The molecule has 134 valence electrons. The van der Waals surface area contributed by atoms with Crippen LogP contribution in [-0.2, 0) is 5.60 Å². The number of benzene rings is 1. The van der Waals surface area contributed by atoms with E-state index in [1.54, 1.807) is 0 Å². The van der Waals surface area contributed by atoms with Crippen LogP contribution in [-0.4, -0.2) is 41.0 Å². The number of aliphatic hydroxyl groups is 1. The highest BCUT2D eigenvalue weighted by Crippen LogP contribution is 2.39. The Bertz CT molecular complexity index is 738. The summed E-state index contributed by atoms with van der Waals surface area (Å²) in [4.78, 5) is 11.4. The fourth-order valence-electron chi connectivity index (χ4n) is 1.99. The molecule has 1 amide bonds. The van der Waals surface area contributed by atoms with E-state index in [0.717, 1.165) is 12.1 Å². The van der Waals surface area contributed by atoms with Gasteiger partial charge in [0.2, 0.25) is 5.60 Å². The molecule has 0 aliphatic heterocycles. The number of nitrogens with one attached hydrogen (secondary N) is 2. The number of amides is 1. The van der Waals surface area contributed by atoms with Crippen LogP contribution in [0.2, 0.25) is 5.02 Å². The Morgan fingerprint density at radius 3 is 2.28 bits per heavy atom. The summed E-state index contributed by atoms with van der Waals surface area (Å²) in [6.07, 6.45) is -4.94. The molecule has 0 saturated carbocycles. The van der Waals surface area contributed by atoms with Crippen molar-refractivity contribution in [2.75, 3.05) is 18.9 Å². The van der Waals surface area contributed by atoms with E-state index < -0.39 is 24.2 Å². The molecule has 0 radical (unpaired) electrons. The number of halogens is 4. The van der Waals surface area contributed by atoms with Gasteiger partial charge in [0.1, 0.15) is 5.82 Å². The Hall–Kier alpha value is -2.39. The highest BCUT2D eigenvalue weighted by atomic mass is 35.5. The lowest BCUT2D eigenvalue weighted by atomic mass is 9.93. The molecule has 3 N–H and O–H groups in total. The first-order chi connectivity index (χ1) is 11.7. The fraction of sp³-hybridized carbons (Fsp3) is 0.267. The number of carbonyl (C=O) groups excluding carboxylic acids is 1. The Morgan fingerprint density at radius 2 is 1.80 bits per heavy atom. The molecule has 0 aliphatic rings. The van der Waals surface area contributed by atoms with Crippen LogP contribution in [0.25, 0.3) is 0 Å². The molecule has 0 bridgehead atoms. The van der Waals surface area contributed by atoms with Gasteiger partial charge < -0.3 is 15.7 Å². The third-order valence-corrected chi connectivity index (χ3v) is 3.69. The highest BCUT2D eigenvalue weighted by molar-refractivity contribution is 6.30. The van der Waals surface area contributed by atoms with Gasteiger partial charge in [-0.05, 0) is 29.8 Å². The molecule has 25 heavy (non-hydrogen) atoms. The minimum absolute atomic E-state index is 0.0110. The second kappa shape index (κ2) is 7.24. The molecule has 1 heterocycles. The van der Waals surface area contributed by atoms with E-state index in [2.05, 4.69) is 20.8 Å². The molecule has 6 nitrogen and oxygen atoms in total. The number of alkyl halides is 3. The summed E-state index contributed by atoms with van der Waals surface area (Å²) in [6, 6.07) is 7.28. The number of carbonyl (C=O) groups is 1. The standard InChI is InChI=1S/C15H14ClF3N4O2/c1-20-13(24)11-6-7-12(23-22-11)21-8-14(25,15(17,18)19)9-2-4-10(16)5-3-9/h2-7,25H,8H2,1H3,(H,20,24)(H,21,23). The van der Waals surface area contributed by atoms with Gasteiger partial charge in [0.25, 0.3) is 5.91 Å². The van der Waals surface area contributed by atoms with Crippen molar-refractivity contribution in [2.24, 2.45) is 0 Å². The van der Waals surface area contributed by atoms with Crippen molar-refractivity contribution in [3.05, 3.63) is 52.7 Å². The molecule has 0 spiro atoms. The number of aromatic nitrogens is 2. The van der Waals surface area contributed by atoms with Crippen LogP contribution in [0.3, 0.4) is 0 Å². The van der Waals surface area contributed by atoms with E-state index in [4.69, 9.17) is 11.6 Å². The molecule has 1 aromatic heterocycles. The third kappa shape index (κ3) is 4.18. The van der Waals surface area contributed by atoms with Gasteiger partial charge >= 0.3 is 6.18 Å². The SMILES string of the molecule is CNC(=O)c1ccc(NCC(O)(c2ccc(Cl)cc2)C(F)(F)F)nn1. The van der Waals surface area contributed by atoms with Crippen LogP contribution in [0.15, 0.2) is 36.4 Å². The van der Waals surface area contributed by atoms with Crippen molar-refractivity contribution in [1.29, 1.82) is 0 Å². The Morgan fingerprint density at radius 1 is 1.16 bits per heavy atom. The van der Waals surface area contributed by atoms with Gasteiger partial charge in [-0.3, -0.25) is 4.79 Å². The average molecular weight is 375 g/mol. The summed E-state index contributed by atoms with van der Waals surface area (Å²) in [5.41, 5.74) is -3.51. The first kappa shape index (κ1) is 18.9. The molecule has 0 fully saturated rings. The maximum absolute atomic E-state index is 13.4. The summed E-state index contributed by atoms with van der Waals surface area (Å²) < 4.78 is 40.2. The predicted octanol–water partition coefficient (Wildman–Crippen LogP) is 2.35. The van der Waals surface area contributed by atoms with E-state index in [1.165, 1.54) is 31.3 Å². The third-order valence-electron chi connectivity index (χ3n) is 3.44. The van der Waals surface area contributed by atoms with E-state index in [-0.39, 0.29) is 22.1 Å². The second-order valence-electron chi connectivity index (χ2n) is 5.10. The molecule has 2 rings (SSSR count). The van der Waals surface area contributed by atoms with Crippen molar-refractivity contribution in [2.45, 2.75) is 11.8 Å². The van der Waals surface area contributed by atoms with E-state index in [9.17, 15) is 23.1 Å². The van der Waals surface area contributed by atoms with Crippen molar-refractivity contribution in [1.82, 2.24) is 15.5 Å². The monoisotopic (exact) mass is 374 g/mol. The number of rotatable bonds is 5. The van der Waals surface area contributed by atoms with Crippen molar-refractivity contribution in [3.63, 3.8) is 0 Å². The zero-order chi connectivity index (χ0) is 18.7. The summed E-state index contributed by atoms with van der Waals surface area (Å²) in [7, 11) is 1.41. The number of hydrogen-bond acceptors (Lipinski definition) is 5. The van der Waals surface area contributed by atoms with Crippen LogP contribution in [0, 0.1) is 0 Å². The minimum atomic E-state index is -4.94. The van der Waals surface area contributed by atoms with Gasteiger partial charge in [0, 0.05) is 12.1 Å². The molecule has 10 heteroatoms. The van der Waals surface area contributed by atoms with Crippen LogP contribution in [0.1, 0.15) is 16.1 Å². The largest absolute Gasteiger partial charge is 0.423 e. The van der Waals surface area contributed by atoms with Crippen LogP contribution >= 0.6 is 11.6 Å². The van der Waals surface area contributed by atoms with Crippen LogP contribution in [0.4, 0.5) is 19.0 Å². The average Bonchev–Trinajstić information content (AvgIpc) is 2.59. The molecule has 2 aromatic rings. The zero-order valence-corrected chi connectivity index (χ0v) is 13.7. The minimum Gasteiger partial charge on any atom is -0.375 e. The predicted molar refractivity (Wildman–Crippen MR) is 85.3 cm³/mol. The maximum Gasteiger partial charge on any atom is 0.423 e. The molecular weight excluding hydrogens is 361 g/mol. The van der Waals surface area contributed by atoms with Gasteiger partial charge in [-0.15, -0.1) is 10.2 Å². The summed E-state index contributed by atoms with van der Waals surface area (Å²) in [5, 5.41) is 22.4. The van der Waals surface area contributed by atoms with Crippen LogP contribution < -0.4 is 10.6 Å². The van der Waals surface area contributed by atoms with E-state index in [0.29, 0.717) is 0 Å². The van der Waals surface area contributed by atoms with Crippen molar-refractivity contribution < 1.29 is 23.1 Å². The van der Waals surface area contributed by atoms with Gasteiger partial charge in [0.05, 0.1) is 6.54 Å². The lowest BCUT2D eigenvalue weighted by Gasteiger charge is -2.31. The first-order valence-corrected chi connectivity index (χ1v) is 7.40. The summed E-state index contributed by atoms with van der Waals surface area (Å²) in [5.74, 6) is -0.503.